The highest BCUT2D eigenvalue weighted by molar-refractivity contribution is 7.99. The van der Waals surface area contributed by atoms with Gasteiger partial charge in [0.1, 0.15) is 0 Å². The van der Waals surface area contributed by atoms with Crippen LogP contribution in [-0.2, 0) is 4.43 Å². The molecule has 1 unspecified atom stereocenters. The summed E-state index contributed by atoms with van der Waals surface area (Å²) >= 11 is 2.00. The maximum atomic E-state index is 6.41. The second-order valence-corrected chi connectivity index (χ2v) is 12.9. The Kier molecular flexibility index (Phi) is 4.70. The molecule has 1 aromatic rings. The average Bonchev–Trinajstić information content (AvgIpc) is 2.39. The lowest BCUT2D eigenvalue weighted by Crippen LogP contribution is -2.40. The first-order valence-corrected chi connectivity index (χ1v) is 11.3. The minimum absolute atomic E-state index is 0.273. The third-order valence-electron chi connectivity index (χ3n) is 4.35. The minimum Gasteiger partial charge on any atom is -0.546 e. The van der Waals surface area contributed by atoms with E-state index in [9.17, 15) is 0 Å². The fraction of sp³-hybridized carbons (Fsp3) is 0.529. The van der Waals surface area contributed by atoms with Gasteiger partial charge in [-0.05, 0) is 36.2 Å². The first-order chi connectivity index (χ1) is 9.29. The number of hydrogen-bond donors (Lipinski definition) is 0. The standard InChI is InChI=1S/C17H26OSSi/c1-17(2,3)20(4,5)18-15-11-12-16(19-13-15)14-9-7-6-8-10-14/h6-11,16H,12-13H2,1-5H3. The highest BCUT2D eigenvalue weighted by atomic mass is 32.2. The molecule has 20 heavy (non-hydrogen) atoms. The highest BCUT2D eigenvalue weighted by Crippen LogP contribution is 2.42. The van der Waals surface area contributed by atoms with Crippen molar-refractivity contribution in [3.63, 3.8) is 0 Å². The molecule has 0 amide bonds. The first-order valence-electron chi connectivity index (χ1n) is 7.34. The smallest absolute Gasteiger partial charge is 0.250 e. The van der Waals surface area contributed by atoms with E-state index in [1.807, 2.05) is 11.8 Å². The van der Waals surface area contributed by atoms with E-state index in [2.05, 4.69) is 70.3 Å². The van der Waals surface area contributed by atoms with Crippen molar-refractivity contribution in [3.05, 3.63) is 47.7 Å². The van der Waals surface area contributed by atoms with Crippen molar-refractivity contribution < 1.29 is 4.43 Å². The number of rotatable bonds is 3. The highest BCUT2D eigenvalue weighted by Gasteiger charge is 2.39. The van der Waals surface area contributed by atoms with Gasteiger partial charge in [0.2, 0.25) is 8.32 Å². The molecule has 0 fully saturated rings. The van der Waals surface area contributed by atoms with Crippen LogP contribution in [0.2, 0.25) is 18.1 Å². The Hall–Kier alpha value is -0.673. The van der Waals surface area contributed by atoms with Gasteiger partial charge in [0.05, 0.1) is 5.76 Å². The number of hydrogen-bond acceptors (Lipinski definition) is 2. The SMILES string of the molecule is CC(C)(C)[Si](C)(C)OC1=CCC(c2ccccc2)SC1. The van der Waals surface area contributed by atoms with E-state index in [0.29, 0.717) is 5.25 Å². The van der Waals surface area contributed by atoms with Crippen LogP contribution in [0.1, 0.15) is 38.0 Å². The molecule has 1 nitrogen and oxygen atoms in total. The third kappa shape index (κ3) is 3.70. The Bertz CT molecular complexity index is 474. The number of allylic oxidation sites excluding steroid dienone is 1. The predicted octanol–water partition coefficient (Wildman–Crippen LogP) is 5.77. The van der Waals surface area contributed by atoms with Gasteiger partial charge >= 0.3 is 0 Å². The van der Waals surface area contributed by atoms with Crippen LogP contribution >= 0.6 is 11.8 Å². The Morgan fingerprint density at radius 1 is 1.15 bits per heavy atom. The summed E-state index contributed by atoms with van der Waals surface area (Å²) in [7, 11) is -1.68. The third-order valence-corrected chi connectivity index (χ3v) is 10.1. The molecule has 1 aromatic carbocycles. The lowest BCUT2D eigenvalue weighted by atomic mass is 10.1. The van der Waals surface area contributed by atoms with Crippen molar-refractivity contribution in [1.29, 1.82) is 0 Å². The summed E-state index contributed by atoms with van der Waals surface area (Å²) < 4.78 is 6.41. The molecule has 0 spiro atoms. The summed E-state index contributed by atoms with van der Waals surface area (Å²) in [6, 6.07) is 10.8. The Labute approximate surface area is 128 Å². The summed E-state index contributed by atoms with van der Waals surface area (Å²) in [6.45, 7) is 11.5. The van der Waals surface area contributed by atoms with E-state index >= 15 is 0 Å². The fourth-order valence-corrected chi connectivity index (χ4v) is 4.35. The molecule has 1 heterocycles. The van der Waals surface area contributed by atoms with Crippen LogP contribution in [0.4, 0.5) is 0 Å². The van der Waals surface area contributed by atoms with Crippen LogP contribution in [-0.4, -0.2) is 14.1 Å². The lowest BCUT2D eigenvalue weighted by Gasteiger charge is -2.38. The van der Waals surface area contributed by atoms with Crippen molar-refractivity contribution in [3.8, 4) is 0 Å². The zero-order valence-electron chi connectivity index (χ0n) is 13.3. The first kappa shape index (κ1) is 15.7. The monoisotopic (exact) mass is 306 g/mol. The summed E-state index contributed by atoms with van der Waals surface area (Å²) in [5, 5.41) is 0.859. The maximum Gasteiger partial charge on any atom is 0.250 e. The number of benzene rings is 1. The molecule has 0 aromatic heterocycles. The zero-order valence-corrected chi connectivity index (χ0v) is 15.1. The molecule has 2 rings (SSSR count). The largest absolute Gasteiger partial charge is 0.546 e. The molecule has 110 valence electrons. The van der Waals surface area contributed by atoms with Crippen LogP contribution in [0, 0.1) is 0 Å². The molecule has 1 aliphatic heterocycles. The van der Waals surface area contributed by atoms with Crippen molar-refractivity contribution in [2.45, 2.75) is 50.6 Å². The second-order valence-electron chi connectivity index (χ2n) is 6.98. The van der Waals surface area contributed by atoms with Gasteiger partial charge in [-0.2, -0.15) is 0 Å². The summed E-state index contributed by atoms with van der Waals surface area (Å²) in [5.74, 6) is 2.21. The van der Waals surface area contributed by atoms with Gasteiger partial charge in [-0.1, -0.05) is 51.1 Å². The minimum atomic E-state index is -1.68. The molecule has 1 aliphatic rings. The van der Waals surface area contributed by atoms with E-state index in [0.717, 1.165) is 12.2 Å². The molecule has 1 atom stereocenters. The molecule has 0 saturated carbocycles. The van der Waals surface area contributed by atoms with E-state index in [1.165, 1.54) is 11.3 Å². The van der Waals surface area contributed by atoms with E-state index in [4.69, 9.17) is 4.43 Å². The molecule has 0 N–H and O–H groups in total. The molecule has 0 radical (unpaired) electrons. The molecule has 0 saturated heterocycles. The van der Waals surface area contributed by atoms with Crippen molar-refractivity contribution in [2.24, 2.45) is 0 Å². The topological polar surface area (TPSA) is 9.23 Å². The van der Waals surface area contributed by atoms with Crippen LogP contribution in [0.5, 0.6) is 0 Å². The van der Waals surface area contributed by atoms with Gasteiger partial charge in [-0.3, -0.25) is 0 Å². The van der Waals surface area contributed by atoms with E-state index in [1.54, 1.807) is 0 Å². The molecular weight excluding hydrogens is 280 g/mol. The summed E-state index contributed by atoms with van der Waals surface area (Å²) in [5.41, 5.74) is 1.43. The summed E-state index contributed by atoms with van der Waals surface area (Å²) in [6.07, 6.45) is 3.40. The number of thioether (sulfide) groups is 1. The molecule has 0 aliphatic carbocycles. The maximum absolute atomic E-state index is 6.41. The Morgan fingerprint density at radius 3 is 2.30 bits per heavy atom. The van der Waals surface area contributed by atoms with E-state index in [-0.39, 0.29) is 5.04 Å². The fourth-order valence-electron chi connectivity index (χ4n) is 2.00. The van der Waals surface area contributed by atoms with Gasteiger partial charge in [0.15, 0.2) is 0 Å². The normalized spacial score (nSPS) is 20.4. The van der Waals surface area contributed by atoms with Crippen LogP contribution in [0.25, 0.3) is 0 Å². The Balaban J connectivity index is 2.00. The van der Waals surface area contributed by atoms with Crippen LogP contribution in [0.15, 0.2) is 42.2 Å². The quantitative estimate of drug-likeness (QED) is 0.656. The van der Waals surface area contributed by atoms with Crippen LogP contribution < -0.4 is 0 Å². The van der Waals surface area contributed by atoms with Gasteiger partial charge in [-0.25, -0.2) is 0 Å². The van der Waals surface area contributed by atoms with Crippen molar-refractivity contribution in [2.75, 3.05) is 5.75 Å². The molecule has 3 heteroatoms. The van der Waals surface area contributed by atoms with Crippen molar-refractivity contribution in [1.82, 2.24) is 0 Å². The zero-order chi connectivity index (χ0) is 14.8. The van der Waals surface area contributed by atoms with Crippen LogP contribution in [0.3, 0.4) is 0 Å². The van der Waals surface area contributed by atoms with Gasteiger partial charge in [-0.15, -0.1) is 11.8 Å². The Morgan fingerprint density at radius 2 is 1.80 bits per heavy atom. The predicted molar refractivity (Wildman–Crippen MR) is 92.6 cm³/mol. The molecule has 0 bridgehead atoms. The van der Waals surface area contributed by atoms with Crippen molar-refractivity contribution >= 4 is 20.1 Å². The van der Waals surface area contributed by atoms with Gasteiger partial charge in [0.25, 0.3) is 0 Å². The second kappa shape index (κ2) is 5.98. The molecular formula is C17H26OSSi. The lowest BCUT2D eigenvalue weighted by molar-refractivity contribution is 0.384. The summed E-state index contributed by atoms with van der Waals surface area (Å²) in [4.78, 5) is 0. The average molecular weight is 307 g/mol. The van der Waals surface area contributed by atoms with Gasteiger partial charge < -0.3 is 4.43 Å². The van der Waals surface area contributed by atoms with Gasteiger partial charge in [0, 0.05) is 11.0 Å². The van der Waals surface area contributed by atoms with E-state index < -0.39 is 8.32 Å².